The summed E-state index contributed by atoms with van der Waals surface area (Å²) in [6, 6.07) is 20.1. The monoisotopic (exact) mass is 399 g/mol. The van der Waals surface area contributed by atoms with Crippen molar-refractivity contribution in [3.63, 3.8) is 0 Å². The van der Waals surface area contributed by atoms with Gasteiger partial charge >= 0.3 is 0 Å². The third-order valence-corrected chi connectivity index (χ3v) is 5.74. The van der Waals surface area contributed by atoms with Gasteiger partial charge in [-0.05, 0) is 67.3 Å². The molecule has 0 saturated carbocycles. The molecule has 5 heteroatoms. The zero-order chi connectivity index (χ0) is 20.7. The molecule has 0 spiro atoms. The van der Waals surface area contributed by atoms with Crippen LogP contribution in [0.3, 0.4) is 0 Å². The van der Waals surface area contributed by atoms with Crippen molar-refractivity contribution in [2.24, 2.45) is 0 Å². The molecule has 4 aromatic rings. The van der Waals surface area contributed by atoms with E-state index in [1.54, 1.807) is 24.3 Å². The summed E-state index contributed by atoms with van der Waals surface area (Å²) in [5, 5.41) is 11.3. The quantitative estimate of drug-likeness (QED) is 0.474. The summed E-state index contributed by atoms with van der Waals surface area (Å²) in [6.07, 6.45) is 1.94. The molecular formula is C25H22FN3O. The number of fused-ring (bicyclic) bond motifs is 1. The number of benzene rings is 3. The molecule has 0 aliphatic carbocycles. The number of halogens is 1. The Morgan fingerprint density at radius 3 is 2.70 bits per heavy atom. The van der Waals surface area contributed by atoms with Gasteiger partial charge in [0.15, 0.2) is 5.82 Å². The van der Waals surface area contributed by atoms with Crippen molar-refractivity contribution in [2.45, 2.75) is 25.8 Å². The van der Waals surface area contributed by atoms with Gasteiger partial charge in [0.1, 0.15) is 17.4 Å². The van der Waals surface area contributed by atoms with Gasteiger partial charge in [-0.1, -0.05) is 30.3 Å². The van der Waals surface area contributed by atoms with Crippen molar-refractivity contribution in [3.8, 4) is 17.1 Å². The molecule has 1 atom stereocenters. The molecule has 0 amide bonds. The predicted octanol–water partition coefficient (Wildman–Crippen LogP) is 5.79. The number of phenolic OH excluding ortho intramolecular Hbond substituents is 1. The Balaban J connectivity index is 1.70. The number of aryl methyl sites for hydroxylation is 1. The first-order chi connectivity index (χ1) is 14.6. The molecule has 1 unspecified atom stereocenters. The standard InChI is InChI=1S/C25H22FN3O/c1-16-11-12-19-21(14-16)27-24(20-8-2-3-10-23(20)30)28-25(19)29-13-5-9-22(29)17-6-4-7-18(26)15-17/h2-4,6-8,10-12,14-15,22,30H,5,9,13H2,1H3. The van der Waals surface area contributed by atoms with E-state index in [2.05, 4.69) is 17.0 Å². The molecular weight excluding hydrogens is 377 g/mol. The van der Waals surface area contributed by atoms with Crippen LogP contribution in [0.2, 0.25) is 0 Å². The smallest absolute Gasteiger partial charge is 0.165 e. The second-order valence-electron chi connectivity index (χ2n) is 7.81. The maximum atomic E-state index is 13.9. The van der Waals surface area contributed by atoms with E-state index in [4.69, 9.17) is 9.97 Å². The minimum absolute atomic E-state index is 0.0531. The molecule has 0 bridgehead atoms. The van der Waals surface area contributed by atoms with Crippen molar-refractivity contribution in [1.29, 1.82) is 0 Å². The van der Waals surface area contributed by atoms with E-state index >= 15 is 0 Å². The molecule has 4 nitrogen and oxygen atoms in total. The number of rotatable bonds is 3. The average molecular weight is 399 g/mol. The van der Waals surface area contributed by atoms with Gasteiger partial charge in [-0.2, -0.15) is 0 Å². The zero-order valence-corrected chi connectivity index (χ0v) is 16.7. The Labute approximate surface area is 174 Å². The average Bonchev–Trinajstić information content (AvgIpc) is 3.23. The van der Waals surface area contributed by atoms with E-state index in [9.17, 15) is 9.50 Å². The van der Waals surface area contributed by atoms with Crippen LogP contribution in [0.15, 0.2) is 66.7 Å². The first kappa shape index (κ1) is 18.6. The van der Waals surface area contributed by atoms with E-state index in [-0.39, 0.29) is 17.6 Å². The molecule has 1 aromatic heterocycles. The lowest BCUT2D eigenvalue weighted by Crippen LogP contribution is -2.24. The van der Waals surface area contributed by atoms with Gasteiger partial charge in [0.25, 0.3) is 0 Å². The summed E-state index contributed by atoms with van der Waals surface area (Å²) in [7, 11) is 0. The first-order valence-corrected chi connectivity index (χ1v) is 10.2. The van der Waals surface area contributed by atoms with Crippen LogP contribution in [-0.4, -0.2) is 21.6 Å². The summed E-state index contributed by atoms with van der Waals surface area (Å²) in [4.78, 5) is 11.9. The molecule has 1 N–H and O–H groups in total. The number of aromatic nitrogens is 2. The molecule has 0 radical (unpaired) electrons. The third-order valence-electron chi connectivity index (χ3n) is 5.74. The number of hydrogen-bond acceptors (Lipinski definition) is 4. The topological polar surface area (TPSA) is 49.2 Å². The Morgan fingerprint density at radius 2 is 1.87 bits per heavy atom. The minimum Gasteiger partial charge on any atom is -0.507 e. The lowest BCUT2D eigenvalue weighted by molar-refractivity contribution is 0.477. The Morgan fingerprint density at radius 1 is 1.00 bits per heavy atom. The maximum Gasteiger partial charge on any atom is 0.165 e. The SMILES string of the molecule is Cc1ccc2c(N3CCCC3c3cccc(F)c3)nc(-c3ccccc3O)nc2c1. The van der Waals surface area contributed by atoms with E-state index in [1.807, 2.05) is 31.2 Å². The molecule has 2 heterocycles. The fourth-order valence-electron chi connectivity index (χ4n) is 4.31. The van der Waals surface area contributed by atoms with Crippen LogP contribution < -0.4 is 4.90 Å². The Hall–Kier alpha value is -3.47. The van der Waals surface area contributed by atoms with Gasteiger partial charge in [-0.15, -0.1) is 0 Å². The van der Waals surface area contributed by atoms with Gasteiger partial charge in [-0.25, -0.2) is 14.4 Å². The van der Waals surface area contributed by atoms with Crippen LogP contribution in [-0.2, 0) is 0 Å². The molecule has 1 saturated heterocycles. The van der Waals surface area contributed by atoms with E-state index in [0.29, 0.717) is 11.4 Å². The second-order valence-corrected chi connectivity index (χ2v) is 7.81. The molecule has 1 aliphatic heterocycles. The summed E-state index contributed by atoms with van der Waals surface area (Å²) in [5.74, 6) is 1.24. The van der Waals surface area contributed by atoms with Crippen molar-refractivity contribution < 1.29 is 9.50 Å². The highest BCUT2D eigenvalue weighted by Gasteiger charge is 2.29. The molecule has 5 rings (SSSR count). The number of phenols is 1. The Bertz CT molecular complexity index is 1240. The van der Waals surface area contributed by atoms with Gasteiger partial charge in [0.2, 0.25) is 0 Å². The number of nitrogens with zero attached hydrogens (tertiary/aromatic N) is 3. The van der Waals surface area contributed by atoms with Crippen LogP contribution in [0, 0.1) is 12.7 Å². The predicted molar refractivity (Wildman–Crippen MR) is 117 cm³/mol. The highest BCUT2D eigenvalue weighted by atomic mass is 19.1. The molecule has 150 valence electrons. The van der Waals surface area contributed by atoms with Gasteiger partial charge in [-0.3, -0.25) is 0 Å². The summed E-state index contributed by atoms with van der Waals surface area (Å²) < 4.78 is 13.9. The fraction of sp³-hybridized carbons (Fsp3) is 0.200. The van der Waals surface area contributed by atoms with Crippen molar-refractivity contribution in [1.82, 2.24) is 9.97 Å². The molecule has 1 aliphatic rings. The Kier molecular flexibility index (Phi) is 4.58. The second kappa shape index (κ2) is 7.41. The zero-order valence-electron chi connectivity index (χ0n) is 16.7. The van der Waals surface area contributed by atoms with Crippen molar-refractivity contribution in [2.75, 3.05) is 11.4 Å². The largest absolute Gasteiger partial charge is 0.507 e. The van der Waals surface area contributed by atoms with Crippen molar-refractivity contribution >= 4 is 16.7 Å². The third kappa shape index (κ3) is 3.26. The van der Waals surface area contributed by atoms with Crippen LogP contribution >= 0.6 is 0 Å². The van der Waals surface area contributed by atoms with E-state index < -0.39 is 0 Å². The summed E-state index contributed by atoms with van der Waals surface area (Å²) in [6.45, 7) is 2.87. The van der Waals surface area contributed by atoms with Crippen LogP contribution in [0.25, 0.3) is 22.3 Å². The number of hydrogen-bond donors (Lipinski definition) is 1. The highest BCUT2D eigenvalue weighted by Crippen LogP contribution is 2.40. The maximum absolute atomic E-state index is 13.9. The van der Waals surface area contributed by atoms with E-state index in [0.717, 1.165) is 47.2 Å². The molecule has 1 fully saturated rings. The lowest BCUT2D eigenvalue weighted by atomic mass is 10.0. The van der Waals surface area contributed by atoms with E-state index in [1.165, 1.54) is 6.07 Å². The molecule has 30 heavy (non-hydrogen) atoms. The summed E-state index contributed by atoms with van der Waals surface area (Å²) >= 11 is 0. The van der Waals surface area contributed by atoms with Crippen LogP contribution in [0.4, 0.5) is 10.2 Å². The lowest BCUT2D eigenvalue weighted by Gasteiger charge is -2.27. The number of anilines is 1. The summed E-state index contributed by atoms with van der Waals surface area (Å²) in [5.41, 5.74) is 3.50. The first-order valence-electron chi connectivity index (χ1n) is 10.2. The van der Waals surface area contributed by atoms with Gasteiger partial charge in [0.05, 0.1) is 17.1 Å². The number of para-hydroxylation sites is 1. The molecule has 3 aromatic carbocycles. The normalized spacial score (nSPS) is 16.3. The van der Waals surface area contributed by atoms with Crippen LogP contribution in [0.1, 0.15) is 30.0 Å². The highest BCUT2D eigenvalue weighted by molar-refractivity contribution is 5.92. The van der Waals surface area contributed by atoms with Gasteiger partial charge < -0.3 is 10.0 Å². The van der Waals surface area contributed by atoms with Gasteiger partial charge in [0, 0.05) is 11.9 Å². The van der Waals surface area contributed by atoms with Crippen LogP contribution in [0.5, 0.6) is 5.75 Å². The number of aromatic hydroxyl groups is 1. The van der Waals surface area contributed by atoms with Crippen molar-refractivity contribution in [3.05, 3.63) is 83.7 Å². The fourth-order valence-corrected chi connectivity index (χ4v) is 4.31. The minimum atomic E-state index is -0.225.